The summed E-state index contributed by atoms with van der Waals surface area (Å²) < 4.78 is 0. The topological polar surface area (TPSA) is 93.1 Å². The van der Waals surface area contributed by atoms with Crippen LogP contribution in [0.5, 0.6) is 0 Å². The molecule has 1 heterocycles. The molecule has 0 bridgehead atoms. The van der Waals surface area contributed by atoms with Crippen LogP contribution in [0.4, 0.5) is 5.69 Å². The van der Waals surface area contributed by atoms with E-state index >= 15 is 0 Å². The summed E-state index contributed by atoms with van der Waals surface area (Å²) in [4.78, 5) is 11.9. The Balaban J connectivity index is 2.18. The largest absolute Gasteiger partial charge is 0.370 e. The molecule has 2 aromatic carbocycles. The number of nitrogens with two attached hydrogens (primary N) is 2. The first-order valence-corrected chi connectivity index (χ1v) is 5.88. The lowest BCUT2D eigenvalue weighted by Crippen LogP contribution is -2.21. The second-order valence-electron chi connectivity index (χ2n) is 4.16. The molecular weight excluding hydrogens is 238 g/mol. The van der Waals surface area contributed by atoms with Crippen LogP contribution >= 0.6 is 0 Å². The molecule has 0 atom stereocenters. The van der Waals surface area contributed by atoms with E-state index in [4.69, 9.17) is 11.5 Å². The quantitative estimate of drug-likeness (QED) is 0.481. The van der Waals surface area contributed by atoms with Crippen molar-refractivity contribution in [2.45, 2.75) is 0 Å². The second-order valence-corrected chi connectivity index (χ2v) is 4.16. The third kappa shape index (κ3) is 2.13. The van der Waals surface area contributed by atoms with Gasteiger partial charge in [-0.25, -0.2) is 9.98 Å². The van der Waals surface area contributed by atoms with Gasteiger partial charge in [0.1, 0.15) is 5.82 Å². The molecule has 0 saturated heterocycles. The predicted molar refractivity (Wildman–Crippen MR) is 77.0 cm³/mol. The van der Waals surface area contributed by atoms with E-state index in [1.165, 1.54) is 0 Å². The molecule has 5 nitrogen and oxygen atoms in total. The van der Waals surface area contributed by atoms with Crippen LogP contribution in [0.3, 0.4) is 0 Å². The number of guanidine groups is 1. The summed E-state index contributed by atoms with van der Waals surface area (Å²) >= 11 is 0. The van der Waals surface area contributed by atoms with Gasteiger partial charge < -0.3 is 16.5 Å². The minimum atomic E-state index is 0.0311. The first kappa shape index (κ1) is 11.3. The van der Waals surface area contributed by atoms with Crippen LogP contribution in [0.2, 0.25) is 0 Å². The molecule has 94 valence electrons. The molecule has 5 heteroatoms. The Morgan fingerprint density at radius 2 is 1.74 bits per heavy atom. The smallest absolute Gasteiger partial charge is 0.191 e. The Morgan fingerprint density at radius 3 is 2.53 bits per heavy atom. The van der Waals surface area contributed by atoms with Crippen molar-refractivity contribution in [1.29, 1.82) is 0 Å². The van der Waals surface area contributed by atoms with Gasteiger partial charge in [-0.05, 0) is 24.3 Å². The number of aliphatic imine (C=N–C) groups is 1. The van der Waals surface area contributed by atoms with Crippen LogP contribution in [0.15, 0.2) is 53.5 Å². The van der Waals surface area contributed by atoms with Gasteiger partial charge in [0.2, 0.25) is 0 Å². The average molecular weight is 251 g/mol. The summed E-state index contributed by atoms with van der Waals surface area (Å²) in [6.45, 7) is 0. The first-order valence-electron chi connectivity index (χ1n) is 5.88. The normalized spacial score (nSPS) is 10.5. The Kier molecular flexibility index (Phi) is 2.64. The highest BCUT2D eigenvalue weighted by molar-refractivity contribution is 5.85. The number of nitrogens with zero attached hydrogens (tertiary/aromatic N) is 2. The lowest BCUT2D eigenvalue weighted by atomic mass is 10.2. The Hall–Kier alpha value is -2.82. The first-order chi connectivity index (χ1) is 9.24. The highest BCUT2D eigenvalue weighted by Crippen LogP contribution is 2.29. The van der Waals surface area contributed by atoms with Crippen molar-refractivity contribution in [3.05, 3.63) is 48.5 Å². The van der Waals surface area contributed by atoms with Crippen LogP contribution in [-0.4, -0.2) is 15.9 Å². The van der Waals surface area contributed by atoms with Gasteiger partial charge in [-0.2, -0.15) is 0 Å². The number of rotatable bonds is 2. The third-order valence-corrected chi connectivity index (χ3v) is 2.80. The van der Waals surface area contributed by atoms with E-state index in [2.05, 4.69) is 15.0 Å². The molecule has 3 rings (SSSR count). The van der Waals surface area contributed by atoms with E-state index in [-0.39, 0.29) is 5.96 Å². The summed E-state index contributed by atoms with van der Waals surface area (Å²) in [5, 5.41) is 0. The third-order valence-electron chi connectivity index (χ3n) is 2.80. The van der Waals surface area contributed by atoms with E-state index in [1.54, 1.807) is 0 Å². The molecular formula is C14H13N5. The van der Waals surface area contributed by atoms with E-state index in [0.717, 1.165) is 22.4 Å². The van der Waals surface area contributed by atoms with Crippen molar-refractivity contribution in [2.24, 2.45) is 16.5 Å². The van der Waals surface area contributed by atoms with Crippen molar-refractivity contribution in [2.75, 3.05) is 0 Å². The van der Waals surface area contributed by atoms with Gasteiger partial charge in [-0.1, -0.05) is 24.3 Å². The minimum Gasteiger partial charge on any atom is -0.370 e. The van der Waals surface area contributed by atoms with E-state index < -0.39 is 0 Å². The van der Waals surface area contributed by atoms with Crippen molar-refractivity contribution in [3.8, 4) is 11.4 Å². The fraction of sp³-hybridized carbons (Fsp3) is 0. The van der Waals surface area contributed by atoms with Gasteiger partial charge in [0, 0.05) is 5.56 Å². The fourth-order valence-corrected chi connectivity index (χ4v) is 1.99. The van der Waals surface area contributed by atoms with Crippen molar-refractivity contribution < 1.29 is 0 Å². The van der Waals surface area contributed by atoms with Crippen LogP contribution in [0.25, 0.3) is 22.4 Å². The number of hydrogen-bond donors (Lipinski definition) is 3. The SMILES string of the molecule is NC(N)=Nc1ccccc1-c1nc2ccccc2[nH]1. The van der Waals surface area contributed by atoms with Gasteiger partial charge in [0.05, 0.1) is 16.7 Å². The summed E-state index contributed by atoms with van der Waals surface area (Å²) in [7, 11) is 0. The number of fused-ring (bicyclic) bond motifs is 1. The van der Waals surface area contributed by atoms with Gasteiger partial charge in [0.15, 0.2) is 5.96 Å². The molecule has 19 heavy (non-hydrogen) atoms. The van der Waals surface area contributed by atoms with Crippen LogP contribution in [-0.2, 0) is 0 Å². The monoisotopic (exact) mass is 251 g/mol. The lowest BCUT2D eigenvalue weighted by molar-refractivity contribution is 1.32. The van der Waals surface area contributed by atoms with Crippen molar-refractivity contribution in [3.63, 3.8) is 0 Å². The lowest BCUT2D eigenvalue weighted by Gasteiger charge is -2.02. The molecule has 0 spiro atoms. The minimum absolute atomic E-state index is 0.0311. The van der Waals surface area contributed by atoms with Gasteiger partial charge in [-0.3, -0.25) is 0 Å². The van der Waals surface area contributed by atoms with E-state index in [1.807, 2.05) is 48.5 Å². The summed E-state index contributed by atoms with van der Waals surface area (Å²) in [6, 6.07) is 15.4. The Morgan fingerprint density at radius 1 is 1.00 bits per heavy atom. The fourth-order valence-electron chi connectivity index (χ4n) is 1.99. The van der Waals surface area contributed by atoms with Gasteiger partial charge in [-0.15, -0.1) is 0 Å². The number of hydrogen-bond acceptors (Lipinski definition) is 2. The molecule has 1 aromatic heterocycles. The Bertz CT molecular complexity index is 720. The molecule has 3 aromatic rings. The number of nitrogens with one attached hydrogen (secondary N) is 1. The molecule has 0 aliphatic heterocycles. The highest BCUT2D eigenvalue weighted by Gasteiger charge is 2.08. The molecule has 0 amide bonds. The maximum Gasteiger partial charge on any atom is 0.191 e. The molecule has 0 unspecified atom stereocenters. The molecule has 0 saturated carbocycles. The van der Waals surface area contributed by atoms with Gasteiger partial charge >= 0.3 is 0 Å². The molecule has 0 aliphatic carbocycles. The van der Waals surface area contributed by atoms with Crippen LogP contribution < -0.4 is 11.5 Å². The zero-order valence-electron chi connectivity index (χ0n) is 10.2. The maximum atomic E-state index is 5.44. The standard InChI is InChI=1S/C14H13N5/c15-14(16)19-10-6-2-1-5-9(10)13-17-11-7-3-4-8-12(11)18-13/h1-8H,(H,17,18)(H4,15,16,19). The summed E-state index contributed by atoms with van der Waals surface area (Å²) in [5.74, 6) is 0.783. The van der Waals surface area contributed by atoms with Gasteiger partial charge in [0.25, 0.3) is 0 Å². The summed E-state index contributed by atoms with van der Waals surface area (Å²) in [6.07, 6.45) is 0. The molecule has 0 fully saturated rings. The zero-order chi connectivity index (χ0) is 13.2. The van der Waals surface area contributed by atoms with E-state index in [9.17, 15) is 0 Å². The van der Waals surface area contributed by atoms with Crippen LogP contribution in [0, 0.1) is 0 Å². The molecule has 0 aliphatic rings. The van der Waals surface area contributed by atoms with Crippen LogP contribution in [0.1, 0.15) is 0 Å². The average Bonchev–Trinajstić information content (AvgIpc) is 2.82. The molecule has 0 radical (unpaired) electrons. The Labute approximate surface area is 110 Å². The van der Waals surface area contributed by atoms with Crippen molar-refractivity contribution >= 4 is 22.7 Å². The van der Waals surface area contributed by atoms with E-state index in [0.29, 0.717) is 5.69 Å². The zero-order valence-corrected chi connectivity index (χ0v) is 10.2. The number of imidazole rings is 1. The number of H-pyrrole nitrogens is 1. The number of aromatic amines is 1. The highest BCUT2D eigenvalue weighted by atomic mass is 15.0. The predicted octanol–water partition coefficient (Wildman–Crippen LogP) is 2.13. The van der Waals surface area contributed by atoms with Crippen molar-refractivity contribution in [1.82, 2.24) is 9.97 Å². The number of aromatic nitrogens is 2. The maximum absolute atomic E-state index is 5.44. The molecule has 5 N–H and O–H groups in total. The summed E-state index contributed by atoms with van der Waals surface area (Å²) in [5.41, 5.74) is 14.3. The second kappa shape index (κ2) is 4.45. The number of benzene rings is 2. The number of para-hydroxylation sites is 3.